The molecule has 3 heterocycles. The fraction of sp³-hybridized carbons (Fsp3) is 0.400. The molecule has 3 aromatic rings. The number of para-hydroxylation sites is 1. The number of guanidine groups is 1. The Morgan fingerprint density at radius 2 is 2.00 bits per heavy atom. The molecule has 0 spiro atoms. The first-order valence-corrected chi connectivity index (χ1v) is 10.3. The number of nitrogens with zero attached hydrogens (tertiary/aromatic N) is 3. The van der Waals surface area contributed by atoms with E-state index >= 15 is 0 Å². The highest BCUT2D eigenvalue weighted by molar-refractivity contribution is 14.0. The maximum Gasteiger partial charge on any atom is 0.191 e. The van der Waals surface area contributed by atoms with E-state index in [1.807, 2.05) is 30.3 Å². The van der Waals surface area contributed by atoms with E-state index in [4.69, 9.17) is 9.15 Å². The van der Waals surface area contributed by atoms with Crippen LogP contribution in [0.15, 0.2) is 45.8 Å². The van der Waals surface area contributed by atoms with Crippen LogP contribution in [-0.2, 0) is 11.3 Å². The number of aromatic nitrogens is 1. The number of hydrogen-bond acceptors (Lipinski definition) is 6. The number of thiazole rings is 1. The number of hydrogen-bond donors (Lipinski definition) is 2. The van der Waals surface area contributed by atoms with Crippen LogP contribution >= 0.6 is 35.3 Å². The lowest BCUT2D eigenvalue weighted by Gasteiger charge is -2.26. The molecule has 0 amide bonds. The van der Waals surface area contributed by atoms with Gasteiger partial charge in [0.15, 0.2) is 16.7 Å². The smallest absolute Gasteiger partial charge is 0.191 e. The van der Waals surface area contributed by atoms with Gasteiger partial charge in [0.25, 0.3) is 0 Å². The van der Waals surface area contributed by atoms with E-state index < -0.39 is 0 Å². The van der Waals surface area contributed by atoms with E-state index in [0.717, 1.165) is 67.4 Å². The largest absolute Gasteiger partial charge is 0.457 e. The second kappa shape index (κ2) is 10.9. The molecule has 7 nitrogen and oxygen atoms in total. The number of furan rings is 1. The van der Waals surface area contributed by atoms with Gasteiger partial charge in [0, 0.05) is 33.2 Å². The molecule has 4 rings (SSSR count). The van der Waals surface area contributed by atoms with Gasteiger partial charge in [-0.3, -0.25) is 9.89 Å². The summed E-state index contributed by atoms with van der Waals surface area (Å²) >= 11 is 1.64. The summed E-state index contributed by atoms with van der Waals surface area (Å²) in [7, 11) is 1.78. The van der Waals surface area contributed by atoms with Crippen molar-refractivity contribution in [2.75, 3.05) is 46.4 Å². The number of morpholine rings is 1. The fourth-order valence-electron chi connectivity index (χ4n) is 3.11. The minimum absolute atomic E-state index is 0. The van der Waals surface area contributed by atoms with Crippen LogP contribution in [0.2, 0.25) is 0 Å². The predicted molar refractivity (Wildman–Crippen MR) is 128 cm³/mol. The summed E-state index contributed by atoms with van der Waals surface area (Å²) in [5.74, 6) is 2.42. The second-order valence-corrected chi connectivity index (χ2v) is 7.59. The molecule has 0 aliphatic carbocycles. The Kier molecular flexibility index (Phi) is 8.28. The minimum atomic E-state index is 0. The van der Waals surface area contributed by atoms with Crippen molar-refractivity contribution in [1.29, 1.82) is 0 Å². The molecule has 1 aliphatic heterocycles. The Hall–Kier alpha value is -1.69. The summed E-state index contributed by atoms with van der Waals surface area (Å²) in [6.07, 6.45) is 0. The predicted octanol–water partition coefficient (Wildman–Crippen LogP) is 3.17. The first kappa shape index (κ1) is 22.0. The quantitative estimate of drug-likeness (QED) is 0.292. The molecule has 156 valence electrons. The Morgan fingerprint density at radius 3 is 2.79 bits per heavy atom. The zero-order valence-electron chi connectivity index (χ0n) is 16.4. The van der Waals surface area contributed by atoms with Crippen molar-refractivity contribution in [2.24, 2.45) is 4.99 Å². The van der Waals surface area contributed by atoms with Gasteiger partial charge in [-0.1, -0.05) is 12.1 Å². The van der Waals surface area contributed by atoms with Crippen molar-refractivity contribution < 1.29 is 9.15 Å². The fourth-order valence-corrected chi connectivity index (χ4v) is 4.04. The van der Waals surface area contributed by atoms with E-state index in [0.29, 0.717) is 6.54 Å². The maximum atomic E-state index is 5.97. The van der Waals surface area contributed by atoms with Crippen LogP contribution in [0.4, 0.5) is 0 Å². The van der Waals surface area contributed by atoms with Crippen LogP contribution in [0.3, 0.4) is 0 Å². The average molecular weight is 527 g/mol. The van der Waals surface area contributed by atoms with Crippen molar-refractivity contribution in [2.45, 2.75) is 6.54 Å². The van der Waals surface area contributed by atoms with Crippen molar-refractivity contribution in [3.63, 3.8) is 0 Å². The van der Waals surface area contributed by atoms with Crippen LogP contribution in [-0.4, -0.2) is 62.3 Å². The normalized spacial score (nSPS) is 15.3. The molecule has 1 aliphatic rings. The summed E-state index contributed by atoms with van der Waals surface area (Å²) in [4.78, 5) is 11.3. The maximum absolute atomic E-state index is 5.97. The molecule has 0 atom stereocenters. The van der Waals surface area contributed by atoms with Crippen LogP contribution in [0, 0.1) is 0 Å². The third-order valence-electron chi connectivity index (χ3n) is 4.64. The number of fused-ring (bicyclic) bond motifs is 1. The molecular weight excluding hydrogens is 501 g/mol. The summed E-state index contributed by atoms with van der Waals surface area (Å²) in [5.41, 5.74) is 1.00. The lowest BCUT2D eigenvalue weighted by Crippen LogP contribution is -2.44. The lowest BCUT2D eigenvalue weighted by atomic mass is 10.3. The number of benzene rings is 1. The summed E-state index contributed by atoms with van der Waals surface area (Å²) in [5, 5.41) is 7.55. The topological polar surface area (TPSA) is 74.9 Å². The number of rotatable bonds is 6. The molecule has 29 heavy (non-hydrogen) atoms. The monoisotopic (exact) mass is 527 g/mol. The van der Waals surface area contributed by atoms with Gasteiger partial charge in [0.2, 0.25) is 0 Å². The van der Waals surface area contributed by atoms with Gasteiger partial charge in [-0.2, -0.15) is 0 Å². The molecule has 2 aromatic heterocycles. The lowest BCUT2D eigenvalue weighted by molar-refractivity contribution is 0.0389. The molecule has 9 heteroatoms. The molecular formula is C20H26IN5O2S. The van der Waals surface area contributed by atoms with Crippen molar-refractivity contribution in [3.8, 4) is 10.8 Å². The first-order valence-electron chi connectivity index (χ1n) is 9.51. The highest BCUT2D eigenvalue weighted by Gasteiger charge is 2.12. The van der Waals surface area contributed by atoms with E-state index in [-0.39, 0.29) is 24.0 Å². The summed E-state index contributed by atoms with van der Waals surface area (Å²) < 4.78 is 12.5. The third kappa shape index (κ3) is 5.91. The number of halogens is 1. The van der Waals surface area contributed by atoms with Crippen molar-refractivity contribution >= 4 is 51.5 Å². The van der Waals surface area contributed by atoms with Gasteiger partial charge in [0.05, 0.1) is 30.0 Å². The summed E-state index contributed by atoms with van der Waals surface area (Å²) in [6.45, 7) is 6.03. The highest BCUT2D eigenvalue weighted by Crippen LogP contribution is 2.31. The van der Waals surface area contributed by atoms with Gasteiger partial charge < -0.3 is 19.8 Å². The molecule has 0 saturated carbocycles. The Balaban J connectivity index is 0.00000240. The van der Waals surface area contributed by atoms with E-state index in [1.54, 1.807) is 18.4 Å². The molecule has 0 unspecified atom stereocenters. The SMILES string of the molecule is CN=C(NCCN1CCOCC1)NCc1ccc(-c2nc3ccccc3s2)o1.I. The van der Waals surface area contributed by atoms with Gasteiger partial charge in [0.1, 0.15) is 5.76 Å². The highest BCUT2D eigenvalue weighted by atomic mass is 127. The number of ether oxygens (including phenoxy) is 1. The average Bonchev–Trinajstić information content (AvgIpc) is 3.38. The standard InChI is InChI=1S/C20H25N5O2S.HI/c1-21-20(22-8-9-25-10-12-26-13-11-25)23-14-15-6-7-17(27-15)19-24-16-4-2-3-5-18(16)28-19;/h2-7H,8-14H2,1H3,(H2,21,22,23);1H. The van der Waals surface area contributed by atoms with Crippen LogP contribution < -0.4 is 10.6 Å². The van der Waals surface area contributed by atoms with Crippen LogP contribution in [0.25, 0.3) is 21.0 Å². The first-order chi connectivity index (χ1) is 13.8. The molecule has 1 fully saturated rings. The van der Waals surface area contributed by atoms with E-state index in [1.165, 1.54) is 4.70 Å². The molecule has 1 aromatic carbocycles. The van der Waals surface area contributed by atoms with E-state index in [9.17, 15) is 0 Å². The second-order valence-electron chi connectivity index (χ2n) is 6.56. The van der Waals surface area contributed by atoms with Gasteiger partial charge >= 0.3 is 0 Å². The zero-order valence-corrected chi connectivity index (χ0v) is 19.5. The van der Waals surface area contributed by atoms with Crippen molar-refractivity contribution in [3.05, 3.63) is 42.2 Å². The molecule has 0 bridgehead atoms. The van der Waals surface area contributed by atoms with Crippen LogP contribution in [0.1, 0.15) is 5.76 Å². The van der Waals surface area contributed by atoms with Gasteiger partial charge in [-0.05, 0) is 24.3 Å². The number of nitrogens with one attached hydrogen (secondary N) is 2. The minimum Gasteiger partial charge on any atom is -0.457 e. The zero-order chi connectivity index (χ0) is 19.2. The molecule has 2 N–H and O–H groups in total. The van der Waals surface area contributed by atoms with Crippen molar-refractivity contribution in [1.82, 2.24) is 20.5 Å². The Bertz CT molecular complexity index is 903. The Morgan fingerprint density at radius 1 is 1.17 bits per heavy atom. The van der Waals surface area contributed by atoms with Gasteiger partial charge in [-0.15, -0.1) is 35.3 Å². The third-order valence-corrected chi connectivity index (χ3v) is 5.70. The Labute approximate surface area is 191 Å². The summed E-state index contributed by atoms with van der Waals surface area (Å²) in [6, 6.07) is 12.1. The van der Waals surface area contributed by atoms with E-state index in [2.05, 4.69) is 31.6 Å². The van der Waals surface area contributed by atoms with Gasteiger partial charge in [-0.25, -0.2) is 4.98 Å². The van der Waals surface area contributed by atoms with Crippen LogP contribution in [0.5, 0.6) is 0 Å². The molecule has 1 saturated heterocycles. The number of aliphatic imine (C=N–C) groups is 1. The molecule has 0 radical (unpaired) electrons.